The maximum Gasteiger partial charge on any atom is 0.316 e. The molecule has 3 rings (SSSR count). The Labute approximate surface area is 319 Å². The Morgan fingerprint density at radius 2 is 1.75 bits per heavy atom. The van der Waals surface area contributed by atoms with Crippen LogP contribution in [0.25, 0.3) is 0 Å². The van der Waals surface area contributed by atoms with Crippen LogP contribution < -0.4 is 21.3 Å². The van der Waals surface area contributed by atoms with Crippen molar-refractivity contribution in [2.24, 2.45) is 23.2 Å². The summed E-state index contributed by atoms with van der Waals surface area (Å²) in [6.07, 6.45) is 15.4. The minimum atomic E-state index is -1.18. The highest BCUT2D eigenvalue weighted by molar-refractivity contribution is 8.00. The van der Waals surface area contributed by atoms with E-state index >= 15 is 0 Å². The molecule has 2 heterocycles. The molecule has 1 aromatic heterocycles. The number of pyridine rings is 1. The summed E-state index contributed by atoms with van der Waals surface area (Å²) in [5.74, 6) is -0.183. The van der Waals surface area contributed by atoms with Gasteiger partial charge in [0, 0.05) is 25.7 Å². The Bertz CT molecular complexity index is 1480. The fraction of sp³-hybridized carbons (Fsp3) is 0.625. The van der Waals surface area contributed by atoms with E-state index in [1.165, 1.54) is 11.0 Å². The molecule has 2 aliphatic rings. The van der Waals surface area contributed by atoms with Crippen LogP contribution in [0, 0.1) is 35.5 Å². The van der Waals surface area contributed by atoms with E-state index in [0.717, 1.165) is 50.3 Å². The predicted molar refractivity (Wildman–Crippen MR) is 208 cm³/mol. The number of carbonyl (C=O) groups excluding carboxylic acids is 6. The van der Waals surface area contributed by atoms with Gasteiger partial charge in [0.15, 0.2) is 0 Å². The zero-order valence-electron chi connectivity index (χ0n) is 32.0. The van der Waals surface area contributed by atoms with Gasteiger partial charge in [0.05, 0.1) is 6.04 Å². The zero-order chi connectivity index (χ0) is 39.1. The van der Waals surface area contributed by atoms with Crippen LogP contribution in [0.4, 0.5) is 4.79 Å². The molecule has 290 valence electrons. The number of unbranched alkanes of at least 4 members (excludes halogenated alkanes) is 2. The van der Waals surface area contributed by atoms with Gasteiger partial charge in [-0.2, -0.15) is 0 Å². The molecule has 0 radical (unpaired) electrons. The minimum Gasteiger partial charge on any atom is -0.346 e. The van der Waals surface area contributed by atoms with Crippen molar-refractivity contribution >= 4 is 47.1 Å². The minimum absolute atomic E-state index is 0.00297. The predicted octanol–water partition coefficient (Wildman–Crippen LogP) is 4.65. The van der Waals surface area contributed by atoms with Gasteiger partial charge in [0.25, 0.3) is 11.7 Å². The smallest absolute Gasteiger partial charge is 0.316 e. The van der Waals surface area contributed by atoms with Gasteiger partial charge in [0.1, 0.15) is 23.2 Å². The molecule has 0 spiro atoms. The van der Waals surface area contributed by atoms with Crippen molar-refractivity contribution in [1.29, 1.82) is 0 Å². The average Bonchev–Trinajstić information content (AvgIpc) is 3.60. The molecule has 13 heteroatoms. The number of aromatic nitrogens is 1. The normalized spacial score (nSPS) is 19.3. The summed E-state index contributed by atoms with van der Waals surface area (Å²) in [5.41, 5.74) is -0.523. The second-order valence-corrected chi connectivity index (χ2v) is 16.5. The summed E-state index contributed by atoms with van der Waals surface area (Å²) in [7, 11) is 0. The number of terminal acetylenes is 1. The maximum absolute atomic E-state index is 14.5. The Hall–Kier alpha value is -4.18. The quantitative estimate of drug-likeness (QED) is 0.0421. The number of thioether (sulfide) groups is 1. The van der Waals surface area contributed by atoms with Gasteiger partial charge in [-0.25, -0.2) is 4.79 Å². The molecule has 12 nitrogen and oxygen atoms in total. The SMILES string of the molecule is C#CCCCCSC(NC(=O)[C@@H]1[C@@H](C(C)C)CCN1C(=O)[C@@H](NC(=O)N[C@H](C(=O)c1ccccn1)C1CCCCC1)C(C)(C)C)C(=O)C(=O)NCC=C. The van der Waals surface area contributed by atoms with Crippen molar-refractivity contribution in [3.63, 3.8) is 0 Å². The van der Waals surface area contributed by atoms with Gasteiger partial charge < -0.3 is 26.2 Å². The van der Waals surface area contributed by atoms with Crippen LogP contribution in [0.15, 0.2) is 37.1 Å². The van der Waals surface area contributed by atoms with Gasteiger partial charge in [0.2, 0.25) is 17.6 Å². The van der Waals surface area contributed by atoms with Crippen molar-refractivity contribution in [2.45, 2.75) is 116 Å². The molecule has 1 saturated heterocycles. The number of hydrogen-bond acceptors (Lipinski definition) is 8. The number of likely N-dealkylation sites (tertiary alicyclic amines) is 1. The monoisotopic (exact) mass is 750 g/mol. The molecule has 1 aromatic rings. The van der Waals surface area contributed by atoms with Crippen LogP contribution in [0.1, 0.15) is 103 Å². The van der Waals surface area contributed by atoms with E-state index in [9.17, 15) is 28.8 Å². The number of nitrogens with zero attached hydrogens (tertiary/aromatic N) is 2. The average molecular weight is 751 g/mol. The Morgan fingerprint density at radius 1 is 1.04 bits per heavy atom. The molecule has 4 N–H and O–H groups in total. The van der Waals surface area contributed by atoms with Crippen LogP contribution >= 0.6 is 11.8 Å². The molecule has 53 heavy (non-hydrogen) atoms. The van der Waals surface area contributed by atoms with E-state index in [1.54, 1.807) is 24.4 Å². The van der Waals surface area contributed by atoms with Crippen LogP contribution in [0.2, 0.25) is 0 Å². The number of urea groups is 1. The topological polar surface area (TPSA) is 167 Å². The fourth-order valence-electron chi connectivity index (χ4n) is 7.06. The number of nitrogens with one attached hydrogen (secondary N) is 4. The van der Waals surface area contributed by atoms with Crippen molar-refractivity contribution in [1.82, 2.24) is 31.2 Å². The molecule has 1 unspecified atom stereocenters. The first-order chi connectivity index (χ1) is 25.2. The van der Waals surface area contributed by atoms with Gasteiger partial charge in [-0.1, -0.05) is 66.0 Å². The maximum atomic E-state index is 14.5. The van der Waals surface area contributed by atoms with Gasteiger partial charge in [-0.05, 0) is 73.2 Å². The molecule has 5 atom stereocenters. The second-order valence-electron chi connectivity index (χ2n) is 15.3. The number of hydrogen-bond donors (Lipinski definition) is 4. The van der Waals surface area contributed by atoms with Crippen LogP contribution in [-0.4, -0.2) is 87.5 Å². The molecule has 2 fully saturated rings. The van der Waals surface area contributed by atoms with Gasteiger partial charge >= 0.3 is 6.03 Å². The van der Waals surface area contributed by atoms with Gasteiger partial charge in [-0.15, -0.1) is 30.7 Å². The summed E-state index contributed by atoms with van der Waals surface area (Å²) < 4.78 is 0. The highest BCUT2D eigenvalue weighted by Crippen LogP contribution is 2.34. The molecule has 1 saturated carbocycles. The lowest BCUT2D eigenvalue weighted by Crippen LogP contribution is -2.62. The molecular formula is C40H58N6O6S. The lowest BCUT2D eigenvalue weighted by Gasteiger charge is -2.37. The summed E-state index contributed by atoms with van der Waals surface area (Å²) in [6.45, 7) is 13.3. The largest absolute Gasteiger partial charge is 0.346 e. The summed E-state index contributed by atoms with van der Waals surface area (Å²) in [5, 5.41) is 9.88. The number of amides is 5. The van der Waals surface area contributed by atoms with Gasteiger partial charge in [-0.3, -0.25) is 29.0 Å². The second kappa shape index (κ2) is 20.9. The van der Waals surface area contributed by atoms with Crippen molar-refractivity contribution in [2.75, 3.05) is 18.8 Å². The highest BCUT2D eigenvalue weighted by atomic mass is 32.2. The lowest BCUT2D eigenvalue weighted by atomic mass is 9.81. The zero-order valence-corrected chi connectivity index (χ0v) is 32.8. The lowest BCUT2D eigenvalue weighted by molar-refractivity contribution is -0.144. The van der Waals surface area contributed by atoms with Crippen LogP contribution in [0.3, 0.4) is 0 Å². The first-order valence-electron chi connectivity index (χ1n) is 18.8. The Morgan fingerprint density at radius 3 is 2.36 bits per heavy atom. The summed E-state index contributed by atoms with van der Waals surface area (Å²) >= 11 is 1.15. The van der Waals surface area contributed by atoms with Crippen LogP contribution in [0.5, 0.6) is 0 Å². The standard InChI is InChI=1S/C40H58N6O6S/c1-8-10-11-17-25-53-37(33(48)36(50)42-22-9-2)45-35(49)31-28(26(3)4)21-24-46(31)38(51)34(40(5,6)7)44-39(52)43-30(27-18-13-12-14-19-27)32(47)29-20-15-16-23-41-29/h1,9,15-16,20,23,26-28,30-31,34,37H,2,10-14,17-19,21-22,24-25H2,3-7H3,(H,42,50)(H,45,49)(H2,43,44,52)/t28-,30+,31+,34-,37?/m1/s1. The van der Waals surface area contributed by atoms with E-state index in [-0.39, 0.29) is 42.3 Å². The Balaban J connectivity index is 1.86. The number of Topliss-reactive ketones (excluding diaryl/α,β-unsaturated/α-hetero) is 2. The first-order valence-corrected chi connectivity index (χ1v) is 19.9. The van der Waals surface area contributed by atoms with Crippen molar-refractivity contribution in [3.8, 4) is 12.3 Å². The highest BCUT2D eigenvalue weighted by Gasteiger charge is 2.48. The third-order valence-corrected chi connectivity index (χ3v) is 11.2. The molecule has 1 aliphatic carbocycles. The number of ketones is 2. The van der Waals surface area contributed by atoms with Crippen molar-refractivity contribution < 1.29 is 28.8 Å². The molecule has 1 aliphatic heterocycles. The van der Waals surface area contributed by atoms with E-state index in [0.29, 0.717) is 25.0 Å². The third kappa shape index (κ3) is 12.4. The van der Waals surface area contributed by atoms with E-state index in [2.05, 4.69) is 38.8 Å². The van der Waals surface area contributed by atoms with E-state index < -0.39 is 58.5 Å². The molecular weight excluding hydrogens is 693 g/mol. The number of rotatable bonds is 18. The summed E-state index contributed by atoms with van der Waals surface area (Å²) in [6, 6.07) is 1.60. The first kappa shape index (κ1) is 43.2. The molecule has 0 bridgehead atoms. The van der Waals surface area contributed by atoms with E-state index in [1.807, 2.05) is 34.6 Å². The molecule has 5 amide bonds. The molecule has 0 aromatic carbocycles. The number of carbonyl (C=O) groups is 6. The van der Waals surface area contributed by atoms with Crippen molar-refractivity contribution in [3.05, 3.63) is 42.7 Å². The summed E-state index contributed by atoms with van der Waals surface area (Å²) in [4.78, 5) is 87.9. The fourth-order valence-corrected chi connectivity index (χ4v) is 8.12. The van der Waals surface area contributed by atoms with Crippen LogP contribution in [-0.2, 0) is 19.2 Å². The Kier molecular flexibility index (Phi) is 17.0. The van der Waals surface area contributed by atoms with E-state index in [4.69, 9.17) is 6.42 Å². The third-order valence-electron chi connectivity index (χ3n) is 9.99.